The second kappa shape index (κ2) is 10.1. The number of Topliss-reactive ketones (excluding diaryl/α,β-unsaturated/α-hetero) is 1. The number of carbonyl (C=O) groups is 2. The number of fused-ring (bicyclic) bond motifs is 1. The lowest BCUT2D eigenvalue weighted by atomic mass is 9.94. The standard InChI is InChI=1S/C27H32N2O7/c1-15-11-17-12-16(7-8-19(17)36-15)24(30)22-23(29(10-9-28(2)3)27(32)25(22)31)18-13-20(33-4)26(35-6)21(14-18)34-5/h7-8,12-15,23,30H,9-11H2,1-6H3/t15-,23+/m1/s1. The molecule has 192 valence electrons. The number of methoxy groups -OCH3 is 3. The zero-order chi connectivity index (χ0) is 26.1. The van der Waals surface area contributed by atoms with Crippen molar-refractivity contribution in [3.05, 3.63) is 52.6 Å². The third-order valence-corrected chi connectivity index (χ3v) is 6.50. The molecule has 2 heterocycles. The zero-order valence-corrected chi connectivity index (χ0v) is 21.5. The van der Waals surface area contributed by atoms with Gasteiger partial charge in [-0.15, -0.1) is 0 Å². The Labute approximate surface area is 210 Å². The largest absolute Gasteiger partial charge is 0.507 e. The summed E-state index contributed by atoms with van der Waals surface area (Å²) >= 11 is 0. The Morgan fingerprint density at radius 1 is 1.08 bits per heavy atom. The summed E-state index contributed by atoms with van der Waals surface area (Å²) in [7, 11) is 8.27. The van der Waals surface area contributed by atoms with Gasteiger partial charge in [0.2, 0.25) is 5.75 Å². The van der Waals surface area contributed by atoms with E-state index in [1.807, 2.05) is 32.0 Å². The van der Waals surface area contributed by atoms with Crippen LogP contribution in [0.5, 0.6) is 23.0 Å². The van der Waals surface area contributed by atoms with Gasteiger partial charge in [0.1, 0.15) is 17.6 Å². The van der Waals surface area contributed by atoms with Crippen molar-refractivity contribution >= 4 is 17.4 Å². The number of aliphatic hydroxyl groups excluding tert-OH is 1. The summed E-state index contributed by atoms with van der Waals surface area (Å²) < 4.78 is 22.2. The van der Waals surface area contributed by atoms with Crippen molar-refractivity contribution in [3.63, 3.8) is 0 Å². The molecule has 2 aromatic rings. The summed E-state index contributed by atoms with van der Waals surface area (Å²) in [5.74, 6) is 0.267. The van der Waals surface area contributed by atoms with Gasteiger partial charge < -0.3 is 33.9 Å². The average molecular weight is 497 g/mol. The van der Waals surface area contributed by atoms with Crippen molar-refractivity contribution in [2.24, 2.45) is 0 Å². The molecular weight excluding hydrogens is 464 g/mol. The predicted molar refractivity (Wildman–Crippen MR) is 134 cm³/mol. The fourth-order valence-corrected chi connectivity index (χ4v) is 4.75. The van der Waals surface area contributed by atoms with E-state index in [9.17, 15) is 14.7 Å². The molecule has 2 aliphatic heterocycles. The van der Waals surface area contributed by atoms with E-state index in [0.717, 1.165) is 11.3 Å². The van der Waals surface area contributed by atoms with Gasteiger partial charge in [0.15, 0.2) is 11.5 Å². The first kappa shape index (κ1) is 25.4. The van der Waals surface area contributed by atoms with Gasteiger partial charge in [0, 0.05) is 25.1 Å². The lowest BCUT2D eigenvalue weighted by molar-refractivity contribution is -0.140. The van der Waals surface area contributed by atoms with Gasteiger partial charge in [0.25, 0.3) is 11.7 Å². The third kappa shape index (κ3) is 4.46. The van der Waals surface area contributed by atoms with Gasteiger partial charge in [0.05, 0.1) is 32.9 Å². The molecule has 0 aromatic heterocycles. The van der Waals surface area contributed by atoms with E-state index < -0.39 is 17.7 Å². The molecule has 1 amide bonds. The summed E-state index contributed by atoms with van der Waals surface area (Å²) in [5, 5.41) is 11.4. The minimum absolute atomic E-state index is 0.0138. The van der Waals surface area contributed by atoms with E-state index in [1.165, 1.54) is 26.2 Å². The number of aliphatic hydroxyl groups is 1. The second-order valence-electron chi connectivity index (χ2n) is 9.21. The highest BCUT2D eigenvalue weighted by molar-refractivity contribution is 6.46. The van der Waals surface area contributed by atoms with E-state index in [1.54, 1.807) is 24.3 Å². The normalized spacial score (nSPS) is 20.5. The summed E-state index contributed by atoms with van der Waals surface area (Å²) in [4.78, 5) is 30.0. The number of benzene rings is 2. The molecule has 0 radical (unpaired) electrons. The highest BCUT2D eigenvalue weighted by Crippen LogP contribution is 2.46. The van der Waals surface area contributed by atoms with Gasteiger partial charge in [-0.1, -0.05) is 0 Å². The van der Waals surface area contributed by atoms with E-state index in [2.05, 4.69) is 0 Å². The highest BCUT2D eigenvalue weighted by atomic mass is 16.5. The van der Waals surface area contributed by atoms with Crippen molar-refractivity contribution in [1.82, 2.24) is 9.80 Å². The topological polar surface area (TPSA) is 97.8 Å². The molecule has 1 saturated heterocycles. The molecular formula is C27H32N2O7. The first-order valence-electron chi connectivity index (χ1n) is 11.7. The lowest BCUT2D eigenvalue weighted by Crippen LogP contribution is -2.35. The Hall–Kier alpha value is -3.72. The minimum Gasteiger partial charge on any atom is -0.507 e. The van der Waals surface area contributed by atoms with Crippen LogP contribution in [0.4, 0.5) is 0 Å². The summed E-state index contributed by atoms with van der Waals surface area (Å²) in [6.07, 6.45) is 0.734. The minimum atomic E-state index is -0.845. The highest BCUT2D eigenvalue weighted by Gasteiger charge is 2.46. The Balaban J connectivity index is 1.90. The summed E-state index contributed by atoms with van der Waals surface area (Å²) in [6, 6.07) is 7.85. The molecule has 0 spiro atoms. The second-order valence-corrected chi connectivity index (χ2v) is 9.21. The van der Waals surface area contributed by atoms with Crippen molar-refractivity contribution in [1.29, 1.82) is 0 Å². The smallest absolute Gasteiger partial charge is 0.295 e. The quantitative estimate of drug-likeness (QED) is 0.338. The number of carbonyl (C=O) groups excluding carboxylic acids is 2. The van der Waals surface area contributed by atoms with Gasteiger partial charge in [-0.2, -0.15) is 0 Å². The van der Waals surface area contributed by atoms with Gasteiger partial charge in [-0.3, -0.25) is 9.59 Å². The molecule has 36 heavy (non-hydrogen) atoms. The Morgan fingerprint density at radius 2 is 1.75 bits per heavy atom. The van der Waals surface area contributed by atoms with Crippen molar-refractivity contribution in [2.45, 2.75) is 25.5 Å². The van der Waals surface area contributed by atoms with E-state index >= 15 is 0 Å². The SMILES string of the molecule is COc1cc([C@H]2C(=C(O)c3ccc4c(c3)C[C@@H](C)O4)C(=O)C(=O)N2CCN(C)C)cc(OC)c1OC. The molecule has 2 aromatic carbocycles. The molecule has 1 N–H and O–H groups in total. The number of ether oxygens (including phenoxy) is 4. The number of likely N-dealkylation sites (tertiary alicyclic amines) is 1. The first-order valence-corrected chi connectivity index (χ1v) is 11.7. The third-order valence-electron chi connectivity index (χ3n) is 6.50. The maximum Gasteiger partial charge on any atom is 0.295 e. The van der Waals surface area contributed by atoms with Crippen LogP contribution in [0.1, 0.15) is 29.7 Å². The van der Waals surface area contributed by atoms with Crippen molar-refractivity contribution < 1.29 is 33.6 Å². The molecule has 0 saturated carbocycles. The average Bonchev–Trinajstić information content (AvgIpc) is 3.36. The molecule has 0 bridgehead atoms. The van der Waals surface area contributed by atoms with Gasteiger partial charge in [-0.05, 0) is 62.5 Å². The number of hydrogen-bond donors (Lipinski definition) is 1. The number of ketones is 1. The van der Waals surface area contributed by atoms with Gasteiger partial charge in [-0.25, -0.2) is 0 Å². The number of amides is 1. The van der Waals surface area contributed by atoms with E-state index in [4.69, 9.17) is 18.9 Å². The van der Waals surface area contributed by atoms with Crippen molar-refractivity contribution in [3.8, 4) is 23.0 Å². The Bertz CT molecular complexity index is 1200. The van der Waals surface area contributed by atoms with Crippen molar-refractivity contribution in [2.75, 3.05) is 48.5 Å². The molecule has 2 aliphatic rings. The summed E-state index contributed by atoms with van der Waals surface area (Å²) in [6.45, 7) is 2.79. The van der Waals surface area contributed by atoms with Crippen LogP contribution in [-0.4, -0.2) is 81.2 Å². The van der Waals surface area contributed by atoms with Crippen LogP contribution in [0.15, 0.2) is 35.9 Å². The monoisotopic (exact) mass is 496 g/mol. The molecule has 9 heteroatoms. The van der Waals surface area contributed by atoms with Crippen LogP contribution in [0.25, 0.3) is 5.76 Å². The Morgan fingerprint density at radius 3 is 2.33 bits per heavy atom. The van der Waals surface area contributed by atoms with Crippen LogP contribution in [0, 0.1) is 0 Å². The summed E-state index contributed by atoms with van der Waals surface area (Å²) in [5.41, 5.74) is 1.97. The Kier molecular flexibility index (Phi) is 7.12. The molecule has 4 rings (SSSR count). The van der Waals surface area contributed by atoms with Crippen LogP contribution >= 0.6 is 0 Å². The fourth-order valence-electron chi connectivity index (χ4n) is 4.75. The van der Waals surface area contributed by atoms with Crippen LogP contribution in [-0.2, 0) is 16.0 Å². The number of hydrogen-bond acceptors (Lipinski definition) is 8. The molecule has 2 atom stereocenters. The molecule has 0 aliphatic carbocycles. The molecule has 9 nitrogen and oxygen atoms in total. The van der Waals surface area contributed by atoms with Gasteiger partial charge >= 0.3 is 0 Å². The van der Waals surface area contributed by atoms with Crippen LogP contribution in [0.2, 0.25) is 0 Å². The molecule has 0 unspecified atom stereocenters. The number of nitrogens with zero attached hydrogens (tertiary/aromatic N) is 2. The van der Waals surface area contributed by atoms with E-state index in [0.29, 0.717) is 41.3 Å². The first-order chi connectivity index (χ1) is 17.2. The predicted octanol–water partition coefficient (Wildman–Crippen LogP) is 3.02. The fraction of sp³-hybridized carbons (Fsp3) is 0.407. The maximum absolute atomic E-state index is 13.3. The number of likely N-dealkylation sites (N-methyl/N-ethyl adjacent to an activating group) is 1. The lowest BCUT2D eigenvalue weighted by Gasteiger charge is -2.27. The maximum atomic E-state index is 13.3. The molecule has 1 fully saturated rings. The van der Waals surface area contributed by atoms with Crippen LogP contribution < -0.4 is 18.9 Å². The van der Waals surface area contributed by atoms with E-state index in [-0.39, 0.29) is 24.0 Å². The van der Waals surface area contributed by atoms with Crippen LogP contribution in [0.3, 0.4) is 0 Å². The number of rotatable bonds is 8. The zero-order valence-electron chi connectivity index (χ0n) is 21.5.